The minimum Gasteiger partial charge on any atom is -0.508 e. The number of phenols is 1. The van der Waals surface area contributed by atoms with Crippen LogP contribution >= 0.6 is 22.6 Å². The van der Waals surface area contributed by atoms with Gasteiger partial charge in [-0.05, 0) is 52.8 Å². The first-order valence-electron chi connectivity index (χ1n) is 6.11. The van der Waals surface area contributed by atoms with E-state index in [-0.39, 0.29) is 11.5 Å². The summed E-state index contributed by atoms with van der Waals surface area (Å²) in [6.07, 6.45) is 1.67. The first-order chi connectivity index (χ1) is 9.36. The van der Waals surface area contributed by atoms with E-state index in [0.717, 1.165) is 14.8 Å². The third kappa shape index (κ3) is 4.23. The van der Waals surface area contributed by atoms with Crippen molar-refractivity contribution < 1.29 is 9.90 Å². The normalized spacial score (nSPS) is 11.6. The second kappa shape index (κ2) is 7.28. The minimum atomic E-state index is -0.0287. The van der Waals surface area contributed by atoms with Crippen molar-refractivity contribution in [2.45, 2.75) is 20.4 Å². The van der Waals surface area contributed by atoms with Gasteiger partial charge in [0.05, 0.1) is 9.40 Å². The fourth-order valence-electron chi connectivity index (χ4n) is 1.85. The number of ketones is 1. The third-order valence-corrected chi connectivity index (χ3v) is 3.44. The Hall–Kier alpha value is -1.56. The summed E-state index contributed by atoms with van der Waals surface area (Å²) in [6, 6.07) is 6.90. The summed E-state index contributed by atoms with van der Waals surface area (Å²) in [4.78, 5) is 13.8. The van der Waals surface area contributed by atoms with Gasteiger partial charge < -0.3 is 10.0 Å². The molecule has 20 heavy (non-hydrogen) atoms. The molecule has 106 valence electrons. The fourth-order valence-corrected chi connectivity index (χ4v) is 2.26. The summed E-state index contributed by atoms with van der Waals surface area (Å²) in [5.41, 5.74) is 2.39. The molecule has 0 saturated heterocycles. The number of rotatable bonds is 6. The molecule has 1 rings (SSSR count). The van der Waals surface area contributed by atoms with Crippen molar-refractivity contribution in [2.75, 3.05) is 0 Å². The third-order valence-electron chi connectivity index (χ3n) is 2.85. The van der Waals surface area contributed by atoms with Crippen LogP contribution in [0.4, 0.5) is 0 Å². The molecule has 0 radical (unpaired) electrons. The van der Waals surface area contributed by atoms with Gasteiger partial charge in [-0.2, -0.15) is 0 Å². The minimum absolute atomic E-state index is 0.0287. The lowest BCUT2D eigenvalue weighted by atomic mass is 10.1. The first-order valence-corrected chi connectivity index (χ1v) is 7.18. The van der Waals surface area contributed by atoms with E-state index in [1.54, 1.807) is 18.2 Å². The van der Waals surface area contributed by atoms with Gasteiger partial charge in [0.15, 0.2) is 5.78 Å². The number of halogens is 1. The van der Waals surface area contributed by atoms with Gasteiger partial charge in [0.2, 0.25) is 0 Å². The molecule has 0 aliphatic rings. The number of carbonyl (C=O) groups excluding carboxylic acids is 1. The Balaban J connectivity index is 3.17. The predicted octanol–water partition coefficient (Wildman–Crippen LogP) is 4.15. The van der Waals surface area contributed by atoms with Gasteiger partial charge in [0, 0.05) is 13.5 Å². The number of carbonyl (C=O) groups is 1. The van der Waals surface area contributed by atoms with E-state index in [4.69, 9.17) is 0 Å². The standard InChI is InChI=1S/C16H18INO2/c1-5-11(2)16(12(3)19)18(13(4)17)10-14-6-8-15(20)9-7-14/h5-9,20H,1,4,10H2,2-3H3/b16-11-. The Morgan fingerprint density at radius 1 is 1.35 bits per heavy atom. The van der Waals surface area contributed by atoms with Crippen molar-refractivity contribution in [2.24, 2.45) is 0 Å². The summed E-state index contributed by atoms with van der Waals surface area (Å²) >= 11 is 2.10. The van der Waals surface area contributed by atoms with Crippen LogP contribution in [-0.4, -0.2) is 15.8 Å². The number of phenolic OH excluding ortho intramolecular Hbond substituents is 1. The SMILES string of the molecule is C=C/C(C)=C(/C(C)=O)N(Cc1ccc(O)cc1)C(=C)I. The Kier molecular flexibility index (Phi) is 6.01. The molecule has 0 aliphatic carbocycles. The van der Waals surface area contributed by atoms with Crippen LogP contribution in [0.2, 0.25) is 0 Å². The molecule has 0 aliphatic heterocycles. The van der Waals surface area contributed by atoms with Gasteiger partial charge in [-0.25, -0.2) is 0 Å². The summed E-state index contributed by atoms with van der Waals surface area (Å²) in [5, 5.41) is 9.31. The summed E-state index contributed by atoms with van der Waals surface area (Å²) in [7, 11) is 0. The average Bonchev–Trinajstić information content (AvgIpc) is 2.39. The van der Waals surface area contributed by atoms with E-state index in [0.29, 0.717) is 12.2 Å². The topological polar surface area (TPSA) is 40.5 Å². The maximum atomic E-state index is 11.9. The Labute approximate surface area is 133 Å². The lowest BCUT2D eigenvalue weighted by molar-refractivity contribution is -0.114. The Morgan fingerprint density at radius 2 is 1.90 bits per heavy atom. The van der Waals surface area contributed by atoms with Gasteiger partial charge in [0.1, 0.15) is 5.75 Å². The second-order valence-corrected chi connectivity index (χ2v) is 5.67. The summed E-state index contributed by atoms with van der Waals surface area (Å²) in [5.74, 6) is 0.192. The van der Waals surface area contributed by atoms with Crippen molar-refractivity contribution in [1.29, 1.82) is 0 Å². The summed E-state index contributed by atoms with van der Waals surface area (Å²) < 4.78 is 0.752. The highest BCUT2D eigenvalue weighted by atomic mass is 127. The zero-order valence-corrected chi connectivity index (χ0v) is 13.8. The number of Topliss-reactive ketones (excluding diaryl/α,β-unsaturated/α-hetero) is 1. The van der Waals surface area contributed by atoms with Crippen LogP contribution in [0.15, 0.2) is 58.5 Å². The van der Waals surface area contributed by atoms with E-state index in [9.17, 15) is 9.90 Å². The van der Waals surface area contributed by atoms with Crippen molar-refractivity contribution >= 4 is 28.4 Å². The van der Waals surface area contributed by atoms with Crippen LogP contribution in [-0.2, 0) is 11.3 Å². The van der Waals surface area contributed by atoms with Gasteiger partial charge in [-0.1, -0.05) is 31.4 Å². The smallest absolute Gasteiger partial charge is 0.176 e. The van der Waals surface area contributed by atoms with E-state index in [1.807, 2.05) is 24.0 Å². The van der Waals surface area contributed by atoms with E-state index in [2.05, 4.69) is 35.7 Å². The van der Waals surface area contributed by atoms with Crippen molar-refractivity contribution in [3.63, 3.8) is 0 Å². The van der Waals surface area contributed by atoms with Crippen molar-refractivity contribution in [3.05, 3.63) is 64.0 Å². The highest BCUT2D eigenvalue weighted by Crippen LogP contribution is 2.25. The highest BCUT2D eigenvalue weighted by Gasteiger charge is 2.18. The van der Waals surface area contributed by atoms with Crippen LogP contribution < -0.4 is 0 Å². The summed E-state index contributed by atoms with van der Waals surface area (Å²) in [6.45, 7) is 11.6. The molecule has 0 fully saturated rings. The zero-order chi connectivity index (χ0) is 15.3. The monoisotopic (exact) mass is 383 g/mol. The average molecular weight is 383 g/mol. The number of hydrogen-bond acceptors (Lipinski definition) is 3. The lowest BCUT2D eigenvalue weighted by Gasteiger charge is -2.26. The number of nitrogens with zero attached hydrogens (tertiary/aromatic N) is 1. The molecule has 0 aromatic heterocycles. The molecule has 4 heteroatoms. The van der Waals surface area contributed by atoms with Crippen LogP contribution in [0.5, 0.6) is 5.75 Å². The molecular formula is C16H18INO2. The molecule has 0 amide bonds. The van der Waals surface area contributed by atoms with Crippen LogP contribution in [0, 0.1) is 0 Å². The maximum Gasteiger partial charge on any atom is 0.176 e. The van der Waals surface area contributed by atoms with Gasteiger partial charge in [-0.15, -0.1) is 0 Å². The number of benzene rings is 1. The van der Waals surface area contributed by atoms with Crippen molar-refractivity contribution in [1.82, 2.24) is 4.90 Å². The van der Waals surface area contributed by atoms with Gasteiger partial charge >= 0.3 is 0 Å². The molecular weight excluding hydrogens is 365 g/mol. The molecule has 0 atom stereocenters. The molecule has 0 bridgehead atoms. The lowest BCUT2D eigenvalue weighted by Crippen LogP contribution is -2.24. The van der Waals surface area contributed by atoms with E-state index < -0.39 is 0 Å². The number of allylic oxidation sites excluding steroid dienone is 3. The molecule has 1 aromatic rings. The molecule has 0 heterocycles. The number of hydrogen-bond donors (Lipinski definition) is 1. The van der Waals surface area contributed by atoms with E-state index in [1.165, 1.54) is 6.92 Å². The largest absolute Gasteiger partial charge is 0.508 e. The molecule has 0 unspecified atom stereocenters. The molecule has 1 aromatic carbocycles. The Bertz CT molecular complexity index is 558. The molecule has 1 N–H and O–H groups in total. The van der Waals surface area contributed by atoms with Crippen molar-refractivity contribution in [3.8, 4) is 5.75 Å². The van der Waals surface area contributed by atoms with Gasteiger partial charge in [0.25, 0.3) is 0 Å². The fraction of sp³-hybridized carbons (Fsp3) is 0.188. The zero-order valence-electron chi connectivity index (χ0n) is 11.7. The second-order valence-electron chi connectivity index (χ2n) is 4.42. The molecule has 3 nitrogen and oxygen atoms in total. The number of aromatic hydroxyl groups is 1. The van der Waals surface area contributed by atoms with Crippen LogP contribution in [0.3, 0.4) is 0 Å². The molecule has 0 saturated carbocycles. The van der Waals surface area contributed by atoms with Crippen LogP contribution in [0.1, 0.15) is 19.4 Å². The first kappa shape index (κ1) is 16.5. The van der Waals surface area contributed by atoms with Crippen LogP contribution in [0.25, 0.3) is 0 Å². The van der Waals surface area contributed by atoms with E-state index >= 15 is 0 Å². The Morgan fingerprint density at radius 3 is 2.30 bits per heavy atom. The van der Waals surface area contributed by atoms with Gasteiger partial charge in [-0.3, -0.25) is 4.79 Å². The quantitative estimate of drug-likeness (QED) is 0.347. The highest BCUT2D eigenvalue weighted by molar-refractivity contribution is 14.1. The molecule has 0 spiro atoms. The predicted molar refractivity (Wildman–Crippen MR) is 90.4 cm³/mol. The maximum absolute atomic E-state index is 11.9.